The molecule has 1 amide bonds. The molecule has 0 spiro atoms. The molecule has 3 aliphatic rings. The molecule has 1 atom stereocenters. The van der Waals surface area contributed by atoms with E-state index in [-0.39, 0.29) is 0 Å². The van der Waals surface area contributed by atoms with Gasteiger partial charge in [-0.15, -0.1) is 0 Å². The lowest BCUT2D eigenvalue weighted by atomic mass is 9.87. The van der Waals surface area contributed by atoms with Crippen LogP contribution in [0, 0.1) is 5.92 Å². The topological polar surface area (TPSA) is 52.6 Å². The molecule has 0 radical (unpaired) electrons. The molecule has 0 N–H and O–H groups in total. The number of piperazine rings is 1. The maximum Gasteiger partial charge on any atom is 0.236 e. The van der Waals surface area contributed by atoms with Gasteiger partial charge in [-0.05, 0) is 41.9 Å². The summed E-state index contributed by atoms with van der Waals surface area (Å²) in [5.74, 6) is 0.877. The summed E-state index contributed by atoms with van der Waals surface area (Å²) in [6.45, 7) is 9.73. The molecule has 1 saturated heterocycles. The van der Waals surface area contributed by atoms with Crippen LogP contribution in [0.15, 0.2) is 36.9 Å². The summed E-state index contributed by atoms with van der Waals surface area (Å²) in [6.07, 6.45) is 10.3. The van der Waals surface area contributed by atoms with Crippen molar-refractivity contribution >= 4 is 5.91 Å². The molecule has 6 nitrogen and oxygen atoms in total. The van der Waals surface area contributed by atoms with Crippen molar-refractivity contribution in [2.24, 2.45) is 5.92 Å². The lowest BCUT2D eigenvalue weighted by molar-refractivity contribution is -0.137. The van der Waals surface area contributed by atoms with E-state index >= 15 is 0 Å². The van der Waals surface area contributed by atoms with Gasteiger partial charge in [-0.3, -0.25) is 14.6 Å². The number of nitrogens with zero attached hydrogens (tertiary/aromatic N) is 5. The molecule has 1 saturated carbocycles. The summed E-state index contributed by atoms with van der Waals surface area (Å²) in [4.78, 5) is 28.6. The van der Waals surface area contributed by atoms with Crippen LogP contribution < -0.4 is 0 Å². The van der Waals surface area contributed by atoms with Crippen molar-refractivity contribution in [3.8, 4) is 11.1 Å². The van der Waals surface area contributed by atoms with Gasteiger partial charge in [0, 0.05) is 62.8 Å². The zero-order valence-electron chi connectivity index (χ0n) is 19.4. The second-order valence-electron chi connectivity index (χ2n) is 10.0. The van der Waals surface area contributed by atoms with E-state index in [9.17, 15) is 4.79 Å². The van der Waals surface area contributed by atoms with E-state index in [2.05, 4.69) is 56.7 Å². The smallest absolute Gasteiger partial charge is 0.236 e. The van der Waals surface area contributed by atoms with Crippen molar-refractivity contribution < 1.29 is 4.79 Å². The van der Waals surface area contributed by atoms with Gasteiger partial charge in [-0.1, -0.05) is 38.5 Å². The van der Waals surface area contributed by atoms with E-state index in [1.807, 2.05) is 12.4 Å². The molecule has 1 aromatic carbocycles. The highest BCUT2D eigenvalue weighted by molar-refractivity contribution is 5.78. The molecule has 0 bridgehead atoms. The van der Waals surface area contributed by atoms with Crippen molar-refractivity contribution in [2.45, 2.75) is 58.2 Å². The van der Waals surface area contributed by atoms with E-state index < -0.39 is 0 Å². The second kappa shape index (κ2) is 9.28. The monoisotopic (exact) mass is 433 g/mol. The third kappa shape index (κ3) is 4.44. The third-order valence-electron chi connectivity index (χ3n) is 7.68. The third-order valence-corrected chi connectivity index (χ3v) is 7.68. The fourth-order valence-corrected chi connectivity index (χ4v) is 5.48. The molecular weight excluding hydrogens is 398 g/mol. The highest BCUT2D eigenvalue weighted by Crippen LogP contribution is 2.31. The zero-order chi connectivity index (χ0) is 22.1. The molecule has 3 heterocycles. The zero-order valence-corrected chi connectivity index (χ0v) is 19.4. The molecule has 0 unspecified atom stereocenters. The van der Waals surface area contributed by atoms with Gasteiger partial charge in [0.25, 0.3) is 0 Å². The van der Waals surface area contributed by atoms with E-state index in [4.69, 9.17) is 0 Å². The Morgan fingerprint density at radius 2 is 1.88 bits per heavy atom. The van der Waals surface area contributed by atoms with Gasteiger partial charge < -0.3 is 4.90 Å². The Bertz CT molecular complexity index is 942. The number of hydrogen-bond acceptors (Lipinski definition) is 5. The van der Waals surface area contributed by atoms with Gasteiger partial charge in [0.1, 0.15) is 6.33 Å². The quantitative estimate of drug-likeness (QED) is 0.725. The molecule has 170 valence electrons. The van der Waals surface area contributed by atoms with Gasteiger partial charge in [-0.25, -0.2) is 9.97 Å². The van der Waals surface area contributed by atoms with Crippen molar-refractivity contribution in [1.82, 2.24) is 24.7 Å². The first-order valence-corrected chi connectivity index (χ1v) is 12.2. The highest BCUT2D eigenvalue weighted by Gasteiger charge is 2.37. The van der Waals surface area contributed by atoms with Crippen LogP contribution in [0.3, 0.4) is 0 Å². The van der Waals surface area contributed by atoms with Crippen LogP contribution in [-0.4, -0.2) is 75.4 Å². The maximum absolute atomic E-state index is 13.2. The molecule has 2 aliphatic heterocycles. The van der Waals surface area contributed by atoms with Crippen molar-refractivity contribution in [2.75, 3.05) is 32.7 Å². The summed E-state index contributed by atoms with van der Waals surface area (Å²) >= 11 is 0. The van der Waals surface area contributed by atoms with Crippen LogP contribution in [0.4, 0.5) is 0 Å². The Morgan fingerprint density at radius 3 is 2.59 bits per heavy atom. The summed E-state index contributed by atoms with van der Waals surface area (Å²) in [7, 11) is 0. The lowest BCUT2D eigenvalue weighted by Crippen LogP contribution is -2.61. The number of carbonyl (C=O) groups excluding carboxylic acids is 1. The normalized spacial score (nSPS) is 22.6. The Hall–Kier alpha value is -2.31. The molecule has 2 aromatic rings. The number of rotatable bonds is 5. The number of amides is 1. The van der Waals surface area contributed by atoms with Crippen LogP contribution >= 0.6 is 0 Å². The Kier molecular flexibility index (Phi) is 6.24. The summed E-state index contributed by atoms with van der Waals surface area (Å²) in [5.41, 5.74) is 4.93. The summed E-state index contributed by atoms with van der Waals surface area (Å²) in [5, 5.41) is 0. The Morgan fingerprint density at radius 1 is 1.06 bits per heavy atom. The average molecular weight is 434 g/mol. The first-order valence-electron chi connectivity index (χ1n) is 12.2. The minimum atomic E-state index is 0.297. The van der Waals surface area contributed by atoms with Gasteiger partial charge in [0.15, 0.2) is 0 Å². The van der Waals surface area contributed by atoms with Gasteiger partial charge >= 0.3 is 0 Å². The second-order valence-corrected chi connectivity index (χ2v) is 10.0. The molecule has 1 aromatic heterocycles. The predicted molar refractivity (Wildman–Crippen MR) is 126 cm³/mol. The molecule has 6 heteroatoms. The number of aromatic nitrogens is 2. The first kappa shape index (κ1) is 21.5. The molecular formula is C26H35N5O. The average Bonchev–Trinajstić information content (AvgIpc) is 2.78. The SMILES string of the molecule is CC(C)[C@@H]1CN(C(=O)CN2CCc3cc(-c4cncnc4)ccc3C2)CCN1C1CCC1. The van der Waals surface area contributed by atoms with E-state index in [0.29, 0.717) is 24.4 Å². The van der Waals surface area contributed by atoms with E-state index in [1.165, 1.54) is 30.4 Å². The highest BCUT2D eigenvalue weighted by atomic mass is 16.2. The number of fused-ring (bicyclic) bond motifs is 1. The summed E-state index contributed by atoms with van der Waals surface area (Å²) < 4.78 is 0. The number of benzene rings is 1. The predicted octanol–water partition coefficient (Wildman–Crippen LogP) is 3.22. The summed E-state index contributed by atoms with van der Waals surface area (Å²) in [6, 6.07) is 7.88. The lowest BCUT2D eigenvalue weighted by Gasteiger charge is -2.49. The standard InChI is InChI=1S/C26H35N5O/c1-19(2)25-16-30(10-11-31(25)24-4-3-5-24)26(32)17-29-9-8-21-12-20(6-7-22(21)15-29)23-13-27-18-28-14-23/h6-7,12-14,18-19,24-25H,3-5,8-11,15-17H2,1-2H3/t25-/m0/s1. The van der Waals surface area contributed by atoms with Crippen molar-refractivity contribution in [1.29, 1.82) is 0 Å². The van der Waals surface area contributed by atoms with Gasteiger partial charge in [0.05, 0.1) is 6.54 Å². The minimum absolute atomic E-state index is 0.297. The minimum Gasteiger partial charge on any atom is -0.339 e. The first-order chi connectivity index (χ1) is 15.6. The fraction of sp³-hybridized carbons (Fsp3) is 0.577. The fourth-order valence-electron chi connectivity index (χ4n) is 5.48. The Balaban J connectivity index is 1.20. The van der Waals surface area contributed by atoms with E-state index in [0.717, 1.165) is 56.3 Å². The van der Waals surface area contributed by atoms with Crippen molar-refractivity contribution in [3.63, 3.8) is 0 Å². The van der Waals surface area contributed by atoms with Crippen LogP contribution in [0.5, 0.6) is 0 Å². The van der Waals surface area contributed by atoms with Crippen LogP contribution in [0.1, 0.15) is 44.2 Å². The molecule has 32 heavy (non-hydrogen) atoms. The van der Waals surface area contributed by atoms with Crippen LogP contribution in [-0.2, 0) is 17.8 Å². The van der Waals surface area contributed by atoms with E-state index in [1.54, 1.807) is 6.33 Å². The molecule has 1 aliphatic carbocycles. The molecule has 2 fully saturated rings. The van der Waals surface area contributed by atoms with Crippen molar-refractivity contribution in [3.05, 3.63) is 48.0 Å². The maximum atomic E-state index is 13.2. The largest absolute Gasteiger partial charge is 0.339 e. The molecule has 5 rings (SSSR count). The van der Waals surface area contributed by atoms with Crippen LogP contribution in [0.2, 0.25) is 0 Å². The van der Waals surface area contributed by atoms with Crippen LogP contribution in [0.25, 0.3) is 11.1 Å². The number of hydrogen-bond donors (Lipinski definition) is 0. The number of carbonyl (C=O) groups is 1. The Labute approximate surface area is 191 Å². The van der Waals surface area contributed by atoms with Gasteiger partial charge in [-0.2, -0.15) is 0 Å². The van der Waals surface area contributed by atoms with Gasteiger partial charge in [0.2, 0.25) is 5.91 Å².